The molecule has 0 aliphatic heterocycles. The number of nitriles is 1. The first-order chi connectivity index (χ1) is 7.08. The molecule has 0 saturated heterocycles. The van der Waals surface area contributed by atoms with Crippen molar-refractivity contribution >= 4 is 12.3 Å². The number of nitrogens with zero attached hydrogens (tertiary/aromatic N) is 1. The van der Waals surface area contributed by atoms with Crippen LogP contribution in [-0.4, -0.2) is 17.4 Å². The number of carbonyl (C=O) groups is 2. The molecule has 15 heavy (non-hydrogen) atoms. The summed E-state index contributed by atoms with van der Waals surface area (Å²) in [5, 5.41) is 17.5. The van der Waals surface area contributed by atoms with Crippen LogP contribution in [0.1, 0.15) is 27.0 Å². The van der Waals surface area contributed by atoms with Crippen molar-refractivity contribution in [1.29, 1.82) is 5.26 Å². The zero-order valence-electron chi connectivity index (χ0n) is 8.15. The molecule has 0 heterocycles. The molecular formula is C11H9NO3. The third-order valence-electron chi connectivity index (χ3n) is 2.00. The van der Waals surface area contributed by atoms with E-state index in [0.29, 0.717) is 6.29 Å². The maximum absolute atomic E-state index is 10.7. The average molecular weight is 203 g/mol. The van der Waals surface area contributed by atoms with Crippen molar-refractivity contribution in [2.45, 2.75) is 13.3 Å². The smallest absolute Gasteiger partial charge is 0.307 e. The molecule has 4 nitrogen and oxygen atoms in total. The average Bonchev–Trinajstić information content (AvgIpc) is 2.19. The largest absolute Gasteiger partial charge is 0.481 e. The molecule has 76 valence electrons. The van der Waals surface area contributed by atoms with Crippen molar-refractivity contribution in [2.24, 2.45) is 0 Å². The molecule has 0 atom stereocenters. The summed E-state index contributed by atoms with van der Waals surface area (Å²) in [6, 6.07) is 5.04. The Hall–Kier alpha value is -2.15. The number of aliphatic carboxylic acids is 1. The van der Waals surface area contributed by atoms with Crippen LogP contribution in [0.15, 0.2) is 12.1 Å². The lowest BCUT2D eigenvalue weighted by atomic mass is 9.97. The van der Waals surface area contributed by atoms with E-state index in [-0.39, 0.29) is 23.1 Å². The van der Waals surface area contributed by atoms with Gasteiger partial charge in [0.1, 0.15) is 6.29 Å². The highest BCUT2D eigenvalue weighted by Crippen LogP contribution is 2.16. The molecular weight excluding hydrogens is 194 g/mol. The predicted octanol–water partition coefficient (Wildman–Crippen LogP) is 1.31. The van der Waals surface area contributed by atoms with Gasteiger partial charge in [-0.25, -0.2) is 0 Å². The van der Waals surface area contributed by atoms with Crippen LogP contribution in [-0.2, 0) is 11.2 Å². The number of carboxylic acid groups (broad SMARTS) is 1. The predicted molar refractivity (Wildman–Crippen MR) is 52.6 cm³/mol. The van der Waals surface area contributed by atoms with E-state index in [0.717, 1.165) is 5.56 Å². The number of aldehydes is 1. The summed E-state index contributed by atoms with van der Waals surface area (Å²) < 4.78 is 0. The van der Waals surface area contributed by atoms with Gasteiger partial charge in [0.05, 0.1) is 18.1 Å². The number of hydrogen-bond acceptors (Lipinski definition) is 3. The molecule has 4 heteroatoms. The molecule has 0 spiro atoms. The van der Waals surface area contributed by atoms with Gasteiger partial charge in [0.15, 0.2) is 0 Å². The van der Waals surface area contributed by atoms with Gasteiger partial charge in [0.25, 0.3) is 0 Å². The molecule has 1 aromatic rings. The summed E-state index contributed by atoms with van der Waals surface area (Å²) in [5.41, 5.74) is 1.57. The first-order valence-electron chi connectivity index (χ1n) is 4.29. The second-order valence-electron chi connectivity index (χ2n) is 3.18. The van der Waals surface area contributed by atoms with Gasteiger partial charge in [0, 0.05) is 5.56 Å². The van der Waals surface area contributed by atoms with Crippen molar-refractivity contribution in [3.05, 3.63) is 34.4 Å². The Bertz CT molecular complexity index is 458. The quantitative estimate of drug-likeness (QED) is 0.751. The lowest BCUT2D eigenvalue weighted by Crippen LogP contribution is -2.06. The molecule has 0 bridgehead atoms. The van der Waals surface area contributed by atoms with Crippen LogP contribution < -0.4 is 0 Å². The fourth-order valence-electron chi connectivity index (χ4n) is 1.40. The van der Waals surface area contributed by atoms with E-state index in [1.807, 2.05) is 6.07 Å². The lowest BCUT2D eigenvalue weighted by Gasteiger charge is -2.05. The highest BCUT2D eigenvalue weighted by Gasteiger charge is 2.12. The van der Waals surface area contributed by atoms with Crippen LogP contribution in [0.3, 0.4) is 0 Å². The molecule has 1 rings (SSSR count). The summed E-state index contributed by atoms with van der Waals surface area (Å²) in [7, 11) is 0. The van der Waals surface area contributed by atoms with E-state index in [1.165, 1.54) is 0 Å². The Balaban J connectivity index is 3.38. The Morgan fingerprint density at radius 1 is 1.60 bits per heavy atom. The molecule has 0 aromatic heterocycles. The van der Waals surface area contributed by atoms with Gasteiger partial charge in [-0.3, -0.25) is 9.59 Å². The second-order valence-corrected chi connectivity index (χ2v) is 3.18. The summed E-state index contributed by atoms with van der Waals surface area (Å²) in [5.74, 6) is -1.06. The van der Waals surface area contributed by atoms with E-state index in [4.69, 9.17) is 10.4 Å². The van der Waals surface area contributed by atoms with Gasteiger partial charge < -0.3 is 5.11 Å². The standard InChI is InChI=1S/C11H9NO3/c1-7-2-8(5-12)10(4-11(14)15)9(3-7)6-13/h2-3,6H,4H2,1H3,(H,14,15). The Kier molecular flexibility index (Phi) is 3.19. The first-order valence-corrected chi connectivity index (χ1v) is 4.29. The third kappa shape index (κ3) is 2.41. The molecule has 0 amide bonds. The fraction of sp³-hybridized carbons (Fsp3) is 0.182. The van der Waals surface area contributed by atoms with E-state index in [9.17, 15) is 9.59 Å². The Morgan fingerprint density at radius 3 is 2.73 bits per heavy atom. The van der Waals surface area contributed by atoms with Crippen molar-refractivity contribution < 1.29 is 14.7 Å². The molecule has 0 unspecified atom stereocenters. The molecule has 0 radical (unpaired) electrons. The van der Waals surface area contributed by atoms with Crippen molar-refractivity contribution in [3.8, 4) is 6.07 Å². The highest BCUT2D eigenvalue weighted by atomic mass is 16.4. The summed E-state index contributed by atoms with van der Waals surface area (Å²) >= 11 is 0. The molecule has 0 fully saturated rings. The van der Waals surface area contributed by atoms with Crippen molar-refractivity contribution in [3.63, 3.8) is 0 Å². The first kappa shape index (κ1) is 10.9. The van der Waals surface area contributed by atoms with E-state index >= 15 is 0 Å². The molecule has 0 aliphatic rings. The normalized spacial score (nSPS) is 9.33. The number of aryl methyl sites for hydroxylation is 1. The molecule has 1 aromatic carbocycles. The van der Waals surface area contributed by atoms with Gasteiger partial charge in [-0.1, -0.05) is 0 Å². The maximum atomic E-state index is 10.7. The van der Waals surface area contributed by atoms with Gasteiger partial charge in [-0.2, -0.15) is 5.26 Å². The Labute approximate surface area is 86.8 Å². The van der Waals surface area contributed by atoms with Gasteiger partial charge in [-0.15, -0.1) is 0 Å². The molecule has 1 N–H and O–H groups in total. The highest BCUT2D eigenvalue weighted by molar-refractivity contribution is 5.83. The van der Waals surface area contributed by atoms with Crippen molar-refractivity contribution in [2.75, 3.05) is 0 Å². The van der Waals surface area contributed by atoms with Crippen LogP contribution >= 0.6 is 0 Å². The molecule has 0 saturated carbocycles. The fourth-order valence-corrected chi connectivity index (χ4v) is 1.40. The van der Waals surface area contributed by atoms with Crippen LogP contribution in [0.5, 0.6) is 0 Å². The van der Waals surface area contributed by atoms with Crippen LogP contribution in [0.25, 0.3) is 0 Å². The SMILES string of the molecule is Cc1cc(C#N)c(CC(=O)O)c(C=O)c1. The van der Waals surface area contributed by atoms with Crippen LogP contribution in [0.4, 0.5) is 0 Å². The summed E-state index contributed by atoms with van der Waals surface area (Å²) in [6.45, 7) is 1.75. The third-order valence-corrected chi connectivity index (χ3v) is 2.00. The summed E-state index contributed by atoms with van der Waals surface area (Å²) in [4.78, 5) is 21.3. The van der Waals surface area contributed by atoms with E-state index < -0.39 is 5.97 Å². The monoisotopic (exact) mass is 203 g/mol. The van der Waals surface area contributed by atoms with Crippen LogP contribution in [0.2, 0.25) is 0 Å². The zero-order valence-corrected chi connectivity index (χ0v) is 8.15. The van der Waals surface area contributed by atoms with Crippen LogP contribution in [0, 0.1) is 18.3 Å². The second kappa shape index (κ2) is 4.38. The van der Waals surface area contributed by atoms with Gasteiger partial charge >= 0.3 is 5.97 Å². The van der Waals surface area contributed by atoms with Gasteiger partial charge in [0.2, 0.25) is 0 Å². The minimum atomic E-state index is -1.06. The minimum absolute atomic E-state index is 0.250. The lowest BCUT2D eigenvalue weighted by molar-refractivity contribution is -0.136. The van der Waals surface area contributed by atoms with Crippen molar-refractivity contribution in [1.82, 2.24) is 0 Å². The number of hydrogen-bond donors (Lipinski definition) is 1. The summed E-state index contributed by atoms with van der Waals surface area (Å²) in [6.07, 6.45) is 0.267. The van der Waals surface area contributed by atoms with E-state index in [1.54, 1.807) is 19.1 Å². The maximum Gasteiger partial charge on any atom is 0.307 e. The minimum Gasteiger partial charge on any atom is -0.481 e. The number of carbonyl (C=O) groups excluding carboxylic acids is 1. The number of carboxylic acids is 1. The van der Waals surface area contributed by atoms with E-state index in [2.05, 4.69) is 0 Å². The number of benzene rings is 1. The zero-order chi connectivity index (χ0) is 11.4. The molecule has 0 aliphatic carbocycles. The van der Waals surface area contributed by atoms with Gasteiger partial charge in [-0.05, 0) is 30.2 Å². The Morgan fingerprint density at radius 2 is 2.27 bits per heavy atom. The number of rotatable bonds is 3. The topological polar surface area (TPSA) is 78.2 Å².